The number of nitrogens with one attached hydrogen (secondary N) is 2. The van der Waals surface area contributed by atoms with Gasteiger partial charge in [-0.05, 0) is 55.4 Å². The van der Waals surface area contributed by atoms with Crippen LogP contribution in [0.5, 0.6) is 5.75 Å². The molecule has 5 heteroatoms. The Bertz CT molecular complexity index is 863. The molecule has 186 valence electrons. The molecule has 2 aromatic carbocycles. The zero-order valence-corrected chi connectivity index (χ0v) is 21.2. The summed E-state index contributed by atoms with van der Waals surface area (Å²) >= 11 is 0. The van der Waals surface area contributed by atoms with Crippen molar-refractivity contribution in [2.75, 3.05) is 19.7 Å². The van der Waals surface area contributed by atoms with E-state index in [4.69, 9.17) is 10.5 Å². The van der Waals surface area contributed by atoms with E-state index in [1.807, 2.05) is 49.4 Å². The summed E-state index contributed by atoms with van der Waals surface area (Å²) in [6.45, 7) is 8.51. The molecule has 0 bridgehead atoms. The van der Waals surface area contributed by atoms with Gasteiger partial charge in [-0.2, -0.15) is 0 Å². The monoisotopic (exact) mass is 465 g/mol. The molecule has 0 heterocycles. The summed E-state index contributed by atoms with van der Waals surface area (Å²) in [4.78, 5) is 13.1. The molecule has 34 heavy (non-hydrogen) atoms. The van der Waals surface area contributed by atoms with E-state index in [9.17, 15) is 4.79 Å². The van der Waals surface area contributed by atoms with Gasteiger partial charge in [0, 0.05) is 18.6 Å². The summed E-state index contributed by atoms with van der Waals surface area (Å²) in [6.07, 6.45) is 6.86. The molecular formula is C29H43N3O2. The van der Waals surface area contributed by atoms with Crippen LogP contribution >= 0.6 is 0 Å². The van der Waals surface area contributed by atoms with Gasteiger partial charge in [0.15, 0.2) is 0 Å². The van der Waals surface area contributed by atoms with E-state index in [2.05, 4.69) is 36.6 Å². The molecule has 4 N–H and O–H groups in total. The lowest BCUT2D eigenvalue weighted by Gasteiger charge is -2.27. The number of nitrogens with two attached hydrogens (primary N) is 1. The van der Waals surface area contributed by atoms with Gasteiger partial charge in [-0.25, -0.2) is 0 Å². The molecule has 5 nitrogen and oxygen atoms in total. The van der Waals surface area contributed by atoms with Gasteiger partial charge in [-0.15, -0.1) is 0 Å². The minimum Gasteiger partial charge on any atom is -0.493 e. The summed E-state index contributed by atoms with van der Waals surface area (Å²) in [7, 11) is 0. The normalized spacial score (nSPS) is 17.6. The predicted molar refractivity (Wildman–Crippen MR) is 140 cm³/mol. The maximum Gasteiger partial charge on any atom is 0.227 e. The fraction of sp³-hybridized carbons (Fsp3) is 0.552. The van der Waals surface area contributed by atoms with Crippen LogP contribution in [0, 0.1) is 5.92 Å². The van der Waals surface area contributed by atoms with E-state index >= 15 is 0 Å². The predicted octanol–water partition coefficient (Wildman–Crippen LogP) is 5.32. The van der Waals surface area contributed by atoms with Crippen molar-refractivity contribution >= 4 is 5.91 Å². The molecule has 0 saturated heterocycles. The second-order valence-electron chi connectivity index (χ2n) is 10.2. The largest absolute Gasteiger partial charge is 0.493 e. The molecular weight excluding hydrogens is 422 g/mol. The highest BCUT2D eigenvalue weighted by Gasteiger charge is 2.29. The van der Waals surface area contributed by atoms with Crippen LogP contribution < -0.4 is 21.1 Å². The number of rotatable bonds is 13. The summed E-state index contributed by atoms with van der Waals surface area (Å²) in [5.74, 6) is 1.21. The fourth-order valence-electron chi connectivity index (χ4n) is 4.77. The van der Waals surface area contributed by atoms with Crippen LogP contribution in [-0.4, -0.2) is 31.1 Å². The summed E-state index contributed by atoms with van der Waals surface area (Å²) in [5.41, 5.74) is 8.50. The number of ether oxygens (including phenoxy) is 1. The van der Waals surface area contributed by atoms with E-state index in [0.717, 1.165) is 42.9 Å². The zero-order chi connectivity index (χ0) is 24.4. The van der Waals surface area contributed by atoms with Gasteiger partial charge in [-0.3, -0.25) is 4.79 Å². The number of amides is 1. The summed E-state index contributed by atoms with van der Waals surface area (Å²) in [5, 5.41) is 6.82. The van der Waals surface area contributed by atoms with Crippen LogP contribution in [0.2, 0.25) is 0 Å². The topological polar surface area (TPSA) is 76.4 Å². The molecule has 1 fully saturated rings. The summed E-state index contributed by atoms with van der Waals surface area (Å²) < 4.78 is 5.97. The average molecular weight is 466 g/mol. The van der Waals surface area contributed by atoms with Crippen molar-refractivity contribution in [1.29, 1.82) is 0 Å². The summed E-state index contributed by atoms with van der Waals surface area (Å²) in [6, 6.07) is 17.9. The Morgan fingerprint density at radius 2 is 1.71 bits per heavy atom. The molecule has 1 saturated carbocycles. The molecule has 0 aromatic heterocycles. The van der Waals surface area contributed by atoms with Crippen molar-refractivity contribution in [3.8, 4) is 5.75 Å². The Morgan fingerprint density at radius 1 is 1.03 bits per heavy atom. The fourth-order valence-corrected chi connectivity index (χ4v) is 4.77. The van der Waals surface area contributed by atoms with Gasteiger partial charge >= 0.3 is 0 Å². The Morgan fingerprint density at radius 3 is 2.35 bits per heavy atom. The number of benzene rings is 2. The highest BCUT2D eigenvalue weighted by Crippen LogP contribution is 2.27. The third-order valence-electron chi connectivity index (χ3n) is 7.03. The van der Waals surface area contributed by atoms with Crippen LogP contribution in [0.15, 0.2) is 54.6 Å². The maximum atomic E-state index is 13.1. The molecule has 0 radical (unpaired) electrons. The van der Waals surface area contributed by atoms with Gasteiger partial charge < -0.3 is 21.1 Å². The lowest BCUT2D eigenvalue weighted by molar-refractivity contribution is -0.123. The van der Waals surface area contributed by atoms with Crippen LogP contribution in [0.3, 0.4) is 0 Å². The first kappa shape index (κ1) is 26.2. The van der Waals surface area contributed by atoms with Gasteiger partial charge in [0.25, 0.3) is 0 Å². The maximum absolute atomic E-state index is 13.1. The third kappa shape index (κ3) is 7.85. The third-order valence-corrected chi connectivity index (χ3v) is 7.03. The van der Waals surface area contributed by atoms with Crippen molar-refractivity contribution in [3.05, 3.63) is 65.7 Å². The van der Waals surface area contributed by atoms with Crippen LogP contribution in [0.4, 0.5) is 0 Å². The lowest BCUT2D eigenvalue weighted by atomic mass is 9.98. The zero-order valence-electron chi connectivity index (χ0n) is 21.2. The van der Waals surface area contributed by atoms with Gasteiger partial charge in [0.1, 0.15) is 5.75 Å². The van der Waals surface area contributed by atoms with E-state index < -0.39 is 0 Å². The second-order valence-corrected chi connectivity index (χ2v) is 10.2. The Hall–Kier alpha value is -2.37. The average Bonchev–Trinajstić information content (AvgIpc) is 3.29. The highest BCUT2D eigenvalue weighted by atomic mass is 16.5. The quantitative estimate of drug-likeness (QED) is 0.374. The minimum atomic E-state index is -0.220. The first-order valence-corrected chi connectivity index (χ1v) is 13.0. The van der Waals surface area contributed by atoms with E-state index in [-0.39, 0.29) is 23.4 Å². The molecule has 3 atom stereocenters. The van der Waals surface area contributed by atoms with Crippen LogP contribution in [0.1, 0.15) is 82.4 Å². The lowest BCUT2D eigenvalue weighted by Crippen LogP contribution is -2.48. The molecule has 1 unspecified atom stereocenters. The molecule has 3 rings (SSSR count). The number of hydrogen-bond acceptors (Lipinski definition) is 4. The SMILES string of the molecule is CCCC(C)COc1ccc([C@H](CNCC2(N)CCCC2)NC(=O)[C@@H](C)c2ccccc2)cc1. The second kappa shape index (κ2) is 12.9. The van der Waals surface area contributed by atoms with Crippen molar-refractivity contribution in [2.24, 2.45) is 11.7 Å². The first-order chi connectivity index (χ1) is 16.4. The van der Waals surface area contributed by atoms with Crippen LogP contribution in [-0.2, 0) is 4.79 Å². The number of carbonyl (C=O) groups is 1. The van der Waals surface area contributed by atoms with E-state index in [1.165, 1.54) is 25.7 Å². The molecule has 0 aliphatic heterocycles. The Balaban J connectivity index is 1.65. The first-order valence-electron chi connectivity index (χ1n) is 13.0. The Labute approximate surface area is 205 Å². The minimum absolute atomic E-state index is 0.0232. The van der Waals surface area contributed by atoms with E-state index in [0.29, 0.717) is 12.5 Å². The number of carbonyl (C=O) groups excluding carboxylic acids is 1. The van der Waals surface area contributed by atoms with Crippen molar-refractivity contribution in [3.63, 3.8) is 0 Å². The van der Waals surface area contributed by atoms with Gasteiger partial charge in [-0.1, -0.05) is 75.6 Å². The van der Waals surface area contributed by atoms with Crippen molar-refractivity contribution in [2.45, 2.75) is 76.8 Å². The highest BCUT2D eigenvalue weighted by molar-refractivity contribution is 5.83. The molecule has 0 spiro atoms. The standard InChI is InChI=1S/C29H43N3O2/c1-4-10-22(2)20-34-26-15-13-25(14-16-26)27(19-31-21-29(30)17-8-9-18-29)32-28(33)23(3)24-11-6-5-7-12-24/h5-7,11-16,22-23,27,31H,4,8-10,17-21,30H2,1-3H3,(H,32,33)/t22?,23-,27-/m0/s1. The molecule has 2 aromatic rings. The van der Waals surface area contributed by atoms with Gasteiger partial charge in [0.2, 0.25) is 5.91 Å². The van der Waals surface area contributed by atoms with Gasteiger partial charge in [0.05, 0.1) is 18.6 Å². The van der Waals surface area contributed by atoms with Crippen molar-refractivity contribution in [1.82, 2.24) is 10.6 Å². The number of hydrogen-bond donors (Lipinski definition) is 3. The Kier molecular flexibility index (Phi) is 9.97. The molecule has 1 aliphatic rings. The van der Waals surface area contributed by atoms with Crippen LogP contribution in [0.25, 0.3) is 0 Å². The smallest absolute Gasteiger partial charge is 0.227 e. The molecule has 1 aliphatic carbocycles. The van der Waals surface area contributed by atoms with Crippen molar-refractivity contribution < 1.29 is 9.53 Å². The molecule has 1 amide bonds. The van der Waals surface area contributed by atoms with E-state index in [1.54, 1.807) is 0 Å².